The number of quaternary nitrogens is 1. The number of hydrogen-bond acceptors (Lipinski definition) is 3. The van der Waals surface area contributed by atoms with Gasteiger partial charge in [-0.2, -0.15) is 0 Å². The van der Waals surface area contributed by atoms with Crippen molar-refractivity contribution in [2.75, 3.05) is 6.54 Å². The number of carbonyl (C=O) groups is 1. The molecule has 1 aliphatic rings. The van der Waals surface area contributed by atoms with Gasteiger partial charge in [-0.05, 0) is 19.4 Å². The minimum Gasteiger partial charge on any atom is -0.628 e. The first-order valence-electron chi connectivity index (χ1n) is 3.07. The van der Waals surface area contributed by atoms with Gasteiger partial charge in [0.2, 0.25) is 0 Å². The third-order valence-electron chi connectivity index (χ3n) is 1.52. The molecule has 0 radical (unpaired) electrons. The molecular formula is C5H10N2O2. The summed E-state index contributed by atoms with van der Waals surface area (Å²) in [5.41, 5.74) is 0.392. The predicted molar refractivity (Wildman–Crippen MR) is 31.3 cm³/mol. The number of hydrogen-bond donors (Lipinski definition) is 2. The van der Waals surface area contributed by atoms with Crippen molar-refractivity contribution in [1.82, 2.24) is 5.32 Å². The molecule has 1 aliphatic heterocycles. The number of nitrogens with one attached hydrogen (secondary N) is 1. The Morgan fingerprint density at radius 3 is 3.00 bits per heavy atom. The molecule has 4 heteroatoms. The van der Waals surface area contributed by atoms with E-state index in [0.29, 0.717) is 5.48 Å². The molecular weight excluding hydrogens is 120 g/mol. The van der Waals surface area contributed by atoms with E-state index in [0.717, 1.165) is 19.4 Å². The van der Waals surface area contributed by atoms with Gasteiger partial charge in [-0.15, -0.1) is 0 Å². The first-order valence-corrected chi connectivity index (χ1v) is 3.07. The molecule has 0 aliphatic carbocycles. The lowest BCUT2D eigenvalue weighted by molar-refractivity contribution is -0.501. The first kappa shape index (κ1) is 6.67. The number of carbonyl (C=O) groups excluding carboxylic acids is 1. The van der Waals surface area contributed by atoms with E-state index < -0.39 is 0 Å². The minimum absolute atomic E-state index is 0.178. The summed E-state index contributed by atoms with van der Waals surface area (Å²) in [5, 5.41) is 12.8. The Hall–Kier alpha value is -0.450. The Bertz CT molecular complexity index is 110. The van der Waals surface area contributed by atoms with Crippen molar-refractivity contribution in [3.05, 3.63) is 5.21 Å². The van der Waals surface area contributed by atoms with Crippen molar-refractivity contribution in [2.45, 2.75) is 18.9 Å². The number of nitrogens with two attached hydrogens (primary N) is 1. The van der Waals surface area contributed by atoms with E-state index in [9.17, 15) is 10.0 Å². The Balaban J connectivity index is 2.32. The highest BCUT2D eigenvalue weighted by molar-refractivity contribution is 5.72. The summed E-state index contributed by atoms with van der Waals surface area (Å²) in [5.74, 6) is -0.312. The molecule has 0 spiro atoms. The van der Waals surface area contributed by atoms with Crippen LogP contribution in [-0.4, -0.2) is 18.5 Å². The van der Waals surface area contributed by atoms with Crippen LogP contribution in [0.15, 0.2) is 0 Å². The SMILES string of the molecule is O=C([NH2+][O-])[C@@H]1CCCN1. The van der Waals surface area contributed by atoms with E-state index in [2.05, 4.69) is 5.32 Å². The van der Waals surface area contributed by atoms with E-state index in [4.69, 9.17) is 0 Å². The number of primary amides is 1. The van der Waals surface area contributed by atoms with Crippen LogP contribution >= 0.6 is 0 Å². The van der Waals surface area contributed by atoms with Gasteiger partial charge >= 0.3 is 5.91 Å². The van der Waals surface area contributed by atoms with Gasteiger partial charge in [-0.1, -0.05) is 0 Å². The van der Waals surface area contributed by atoms with Crippen LogP contribution in [0.25, 0.3) is 0 Å². The Morgan fingerprint density at radius 1 is 1.78 bits per heavy atom. The van der Waals surface area contributed by atoms with E-state index in [1.54, 1.807) is 0 Å². The number of rotatable bonds is 1. The zero-order chi connectivity index (χ0) is 6.69. The van der Waals surface area contributed by atoms with Crippen molar-refractivity contribution in [2.24, 2.45) is 0 Å². The fourth-order valence-electron chi connectivity index (χ4n) is 1.01. The predicted octanol–water partition coefficient (Wildman–Crippen LogP) is -1.67. The molecule has 0 aromatic carbocycles. The van der Waals surface area contributed by atoms with Crippen LogP contribution in [0.2, 0.25) is 0 Å². The zero-order valence-corrected chi connectivity index (χ0v) is 5.09. The van der Waals surface area contributed by atoms with E-state index in [1.165, 1.54) is 0 Å². The van der Waals surface area contributed by atoms with Crippen molar-refractivity contribution in [3.63, 3.8) is 0 Å². The molecule has 1 rings (SSSR count). The maximum Gasteiger partial charge on any atom is 0.327 e. The van der Waals surface area contributed by atoms with Gasteiger partial charge in [0.15, 0.2) is 0 Å². The summed E-state index contributed by atoms with van der Waals surface area (Å²) in [4.78, 5) is 10.6. The molecule has 1 fully saturated rings. The second kappa shape index (κ2) is 2.91. The topological polar surface area (TPSA) is 68.8 Å². The molecule has 0 unspecified atom stereocenters. The molecule has 0 aromatic heterocycles. The van der Waals surface area contributed by atoms with Crippen molar-refractivity contribution < 1.29 is 10.3 Å². The normalized spacial score (nSPS) is 26.6. The lowest BCUT2D eigenvalue weighted by Gasteiger charge is -2.05. The smallest absolute Gasteiger partial charge is 0.327 e. The highest BCUT2D eigenvalue weighted by atomic mass is 16.5. The van der Waals surface area contributed by atoms with Crippen LogP contribution < -0.4 is 10.8 Å². The van der Waals surface area contributed by atoms with Gasteiger partial charge in [-0.25, -0.2) is 4.79 Å². The van der Waals surface area contributed by atoms with Gasteiger partial charge < -0.3 is 16.0 Å². The highest BCUT2D eigenvalue weighted by Gasteiger charge is 2.22. The van der Waals surface area contributed by atoms with Crippen molar-refractivity contribution in [3.8, 4) is 0 Å². The fraction of sp³-hybridized carbons (Fsp3) is 0.800. The molecule has 1 saturated heterocycles. The second-order valence-electron chi connectivity index (χ2n) is 2.17. The molecule has 52 valence electrons. The van der Waals surface area contributed by atoms with Crippen LogP contribution in [-0.2, 0) is 4.79 Å². The van der Waals surface area contributed by atoms with Crippen LogP contribution in [0.3, 0.4) is 0 Å². The van der Waals surface area contributed by atoms with Crippen LogP contribution in [0, 0.1) is 5.21 Å². The monoisotopic (exact) mass is 130 g/mol. The first-order chi connectivity index (χ1) is 4.34. The fourth-order valence-corrected chi connectivity index (χ4v) is 1.01. The van der Waals surface area contributed by atoms with Crippen molar-refractivity contribution in [1.29, 1.82) is 0 Å². The summed E-state index contributed by atoms with van der Waals surface area (Å²) in [6, 6.07) is -0.178. The van der Waals surface area contributed by atoms with Gasteiger partial charge in [-0.3, -0.25) is 0 Å². The number of hydroxylamine groups is 1. The molecule has 0 bridgehead atoms. The zero-order valence-electron chi connectivity index (χ0n) is 5.09. The summed E-state index contributed by atoms with van der Waals surface area (Å²) in [6.07, 6.45) is 1.82. The largest absolute Gasteiger partial charge is 0.628 e. The number of amides is 1. The summed E-state index contributed by atoms with van der Waals surface area (Å²) in [6.45, 7) is 0.865. The Labute approximate surface area is 53.2 Å². The average molecular weight is 130 g/mol. The molecule has 1 amide bonds. The summed E-state index contributed by atoms with van der Waals surface area (Å²) < 4.78 is 0. The maximum atomic E-state index is 10.6. The van der Waals surface area contributed by atoms with E-state index in [-0.39, 0.29) is 11.9 Å². The van der Waals surface area contributed by atoms with Gasteiger partial charge in [0.25, 0.3) is 0 Å². The Kier molecular flexibility index (Phi) is 2.16. The summed E-state index contributed by atoms with van der Waals surface area (Å²) in [7, 11) is 0. The van der Waals surface area contributed by atoms with Gasteiger partial charge in [0.05, 0.1) is 0 Å². The third kappa shape index (κ3) is 1.48. The standard InChI is InChI=1S/C5H10N2O2/c8-5(7-9)4-2-1-3-6-4/h4,6H,1-3,7H2/t4-/m0/s1. The molecule has 0 aromatic rings. The molecule has 1 atom stereocenters. The average Bonchev–Trinajstić information content (AvgIpc) is 2.37. The molecule has 3 N–H and O–H groups in total. The summed E-state index contributed by atoms with van der Waals surface area (Å²) >= 11 is 0. The van der Waals surface area contributed by atoms with Crippen LogP contribution in [0.4, 0.5) is 0 Å². The Morgan fingerprint density at radius 2 is 2.56 bits per heavy atom. The minimum atomic E-state index is -0.312. The van der Waals surface area contributed by atoms with E-state index >= 15 is 0 Å². The molecule has 0 saturated carbocycles. The second-order valence-corrected chi connectivity index (χ2v) is 2.17. The van der Waals surface area contributed by atoms with Crippen molar-refractivity contribution >= 4 is 5.91 Å². The maximum absolute atomic E-state index is 10.6. The molecule has 1 heterocycles. The highest BCUT2D eigenvalue weighted by Crippen LogP contribution is 2.02. The van der Waals surface area contributed by atoms with Gasteiger partial charge in [0.1, 0.15) is 6.04 Å². The quantitative estimate of drug-likeness (QED) is 0.417. The van der Waals surface area contributed by atoms with E-state index in [1.807, 2.05) is 0 Å². The van der Waals surface area contributed by atoms with Crippen LogP contribution in [0.5, 0.6) is 0 Å². The third-order valence-corrected chi connectivity index (χ3v) is 1.52. The molecule has 9 heavy (non-hydrogen) atoms. The lowest BCUT2D eigenvalue weighted by atomic mass is 10.2. The van der Waals surface area contributed by atoms with Gasteiger partial charge in [0, 0.05) is 0 Å². The molecule has 4 nitrogen and oxygen atoms in total. The van der Waals surface area contributed by atoms with Crippen LogP contribution in [0.1, 0.15) is 12.8 Å². The lowest BCUT2D eigenvalue weighted by Crippen LogP contribution is -2.85.